The number of aryl methyl sites for hydroxylation is 1. The highest BCUT2D eigenvalue weighted by Crippen LogP contribution is 2.39. The third-order valence-electron chi connectivity index (χ3n) is 5.23. The Morgan fingerprint density at radius 3 is 2.15 bits per heavy atom. The van der Waals surface area contributed by atoms with Crippen molar-refractivity contribution in [1.82, 2.24) is 4.90 Å². The topological polar surface area (TPSA) is 27.0 Å². The summed E-state index contributed by atoms with van der Waals surface area (Å²) in [6, 6.07) is 21.0. The zero-order valence-corrected chi connectivity index (χ0v) is 16.6. The average Bonchev–Trinajstić information content (AvgIpc) is 2.68. The van der Waals surface area contributed by atoms with Gasteiger partial charge in [0.25, 0.3) is 0 Å². The molecule has 144 valence electrons. The first-order valence-corrected chi connectivity index (χ1v) is 9.90. The maximum Gasteiger partial charge on any atom is 0.107 e. The molecule has 0 heterocycles. The van der Waals surface area contributed by atoms with Crippen molar-refractivity contribution in [3.63, 3.8) is 0 Å². The number of halogens is 1. The molecule has 27 heavy (non-hydrogen) atoms. The lowest BCUT2D eigenvalue weighted by Gasteiger charge is -2.30. The average molecular weight is 367 g/mol. The minimum absolute atomic E-state index is 0.156. The normalized spacial score (nSPS) is 18.2. The van der Waals surface area contributed by atoms with Gasteiger partial charge >= 0.3 is 0 Å². The van der Waals surface area contributed by atoms with E-state index in [4.69, 9.17) is 5.26 Å². The zero-order chi connectivity index (χ0) is 19.5. The van der Waals surface area contributed by atoms with Gasteiger partial charge in [-0.2, -0.15) is 5.26 Å². The first-order valence-electron chi connectivity index (χ1n) is 9.90. The molecule has 2 nitrogen and oxygen atoms in total. The molecule has 1 aliphatic rings. The van der Waals surface area contributed by atoms with Crippen LogP contribution in [0.15, 0.2) is 54.6 Å². The van der Waals surface area contributed by atoms with E-state index in [1.165, 1.54) is 30.0 Å². The van der Waals surface area contributed by atoms with Gasteiger partial charge in [0.2, 0.25) is 0 Å². The minimum Gasteiger partial charge on any atom is -0.306 e. The quantitative estimate of drug-likeness (QED) is 0.613. The van der Waals surface area contributed by atoms with Gasteiger partial charge in [0.1, 0.15) is 6.17 Å². The van der Waals surface area contributed by atoms with Gasteiger partial charge in [-0.1, -0.05) is 54.6 Å². The molecule has 0 saturated heterocycles. The van der Waals surface area contributed by atoms with Crippen LogP contribution in [0.5, 0.6) is 0 Å². The second-order valence-corrected chi connectivity index (χ2v) is 7.31. The van der Waals surface area contributed by atoms with E-state index in [0.29, 0.717) is 0 Å². The lowest BCUT2D eigenvalue weighted by molar-refractivity contribution is 0.170. The molecule has 1 fully saturated rings. The summed E-state index contributed by atoms with van der Waals surface area (Å²) in [4.78, 5) is 2.41. The highest BCUT2D eigenvalue weighted by molar-refractivity contribution is 5.28. The summed E-state index contributed by atoms with van der Waals surface area (Å²) in [6.07, 6.45) is 4.50. The Morgan fingerprint density at radius 2 is 1.59 bits per heavy atom. The molecule has 2 unspecified atom stereocenters. The van der Waals surface area contributed by atoms with E-state index in [2.05, 4.69) is 66.5 Å². The van der Waals surface area contributed by atoms with E-state index in [9.17, 15) is 4.39 Å². The van der Waals surface area contributed by atoms with E-state index >= 15 is 0 Å². The number of nitrogens with zero attached hydrogens (tertiary/aromatic N) is 2. The smallest absolute Gasteiger partial charge is 0.107 e. The largest absolute Gasteiger partial charge is 0.306 e. The molecule has 3 heteroatoms. The minimum atomic E-state index is -0.617. The number of hydrogen-bond donors (Lipinski definition) is 0. The Balaban J connectivity index is 0.000000817. The van der Waals surface area contributed by atoms with Crippen molar-refractivity contribution < 1.29 is 4.39 Å². The van der Waals surface area contributed by atoms with Crippen LogP contribution in [-0.2, 0) is 12.8 Å². The third kappa shape index (κ3) is 7.15. The summed E-state index contributed by atoms with van der Waals surface area (Å²) in [5.41, 5.74) is 3.95. The van der Waals surface area contributed by atoms with Crippen LogP contribution in [0.2, 0.25) is 0 Å². The SMILES string of the molecule is CC#N.CN(CCCc1ccc(C2CCC2F)cc1)CCc1ccccc1. The number of rotatable bonds is 8. The van der Waals surface area contributed by atoms with Crippen LogP contribution in [0.3, 0.4) is 0 Å². The Hall–Kier alpha value is -2.18. The van der Waals surface area contributed by atoms with Crippen LogP contribution < -0.4 is 0 Å². The first kappa shape index (κ1) is 21.1. The predicted molar refractivity (Wildman–Crippen MR) is 111 cm³/mol. The number of nitriles is 1. The van der Waals surface area contributed by atoms with Crippen molar-refractivity contribution in [2.75, 3.05) is 20.1 Å². The molecule has 1 aliphatic carbocycles. The van der Waals surface area contributed by atoms with Crippen LogP contribution in [0.1, 0.15) is 48.8 Å². The van der Waals surface area contributed by atoms with E-state index in [1.807, 2.05) is 0 Å². The number of alkyl halides is 1. The molecule has 3 rings (SSSR count). The summed E-state index contributed by atoms with van der Waals surface area (Å²) in [5.74, 6) is 0.156. The highest BCUT2D eigenvalue weighted by atomic mass is 19.1. The molecule has 0 spiro atoms. The summed E-state index contributed by atoms with van der Waals surface area (Å²) in [7, 11) is 2.20. The van der Waals surface area contributed by atoms with Crippen LogP contribution in [0.4, 0.5) is 4.39 Å². The van der Waals surface area contributed by atoms with E-state index < -0.39 is 6.17 Å². The van der Waals surface area contributed by atoms with Gasteiger partial charge in [-0.3, -0.25) is 0 Å². The van der Waals surface area contributed by atoms with Crippen LogP contribution in [0, 0.1) is 11.3 Å². The Bertz CT molecular complexity index is 691. The van der Waals surface area contributed by atoms with Crippen LogP contribution in [-0.4, -0.2) is 31.2 Å². The molecule has 1 saturated carbocycles. The molecule has 2 aromatic carbocycles. The molecule has 0 bridgehead atoms. The van der Waals surface area contributed by atoms with Crippen LogP contribution >= 0.6 is 0 Å². The third-order valence-corrected chi connectivity index (χ3v) is 5.23. The highest BCUT2D eigenvalue weighted by Gasteiger charge is 2.31. The second kappa shape index (κ2) is 11.5. The summed E-state index contributed by atoms with van der Waals surface area (Å²) in [5, 5.41) is 7.32. The first-order chi connectivity index (χ1) is 13.1. The fraction of sp³-hybridized carbons (Fsp3) is 0.458. The van der Waals surface area contributed by atoms with Gasteiger partial charge in [0, 0.05) is 19.4 Å². The van der Waals surface area contributed by atoms with Crippen molar-refractivity contribution in [1.29, 1.82) is 5.26 Å². The van der Waals surface area contributed by atoms with Gasteiger partial charge in [-0.25, -0.2) is 4.39 Å². The van der Waals surface area contributed by atoms with Crippen molar-refractivity contribution in [2.24, 2.45) is 0 Å². The lowest BCUT2D eigenvalue weighted by atomic mass is 9.78. The summed E-state index contributed by atoms with van der Waals surface area (Å²) < 4.78 is 13.4. The lowest BCUT2D eigenvalue weighted by Crippen LogP contribution is -2.24. The zero-order valence-electron chi connectivity index (χ0n) is 16.6. The van der Waals surface area contributed by atoms with Crippen LogP contribution in [0.25, 0.3) is 0 Å². The predicted octanol–water partition coefficient (Wildman–Crippen LogP) is 5.54. The van der Waals surface area contributed by atoms with Gasteiger partial charge in [-0.05, 0) is 62.4 Å². The van der Waals surface area contributed by atoms with E-state index in [0.717, 1.165) is 38.8 Å². The Morgan fingerprint density at radius 1 is 0.963 bits per heavy atom. The molecule has 0 radical (unpaired) electrons. The van der Waals surface area contributed by atoms with Crippen molar-refractivity contribution in [2.45, 2.75) is 51.1 Å². The standard InChI is InChI=1S/C22H28FN.C2H3N/c1-24(17-15-18-6-3-2-4-7-18)16-5-8-19-9-11-20(12-10-19)21-13-14-22(21)23;1-2-3/h2-4,6-7,9-12,21-22H,5,8,13-17H2,1H3;1H3. The molecule has 0 N–H and O–H groups in total. The number of benzene rings is 2. The Kier molecular flexibility index (Phi) is 9.01. The maximum absolute atomic E-state index is 13.4. The molecular formula is C24H31FN2. The van der Waals surface area contributed by atoms with E-state index in [1.54, 1.807) is 6.07 Å². The Labute approximate surface area is 163 Å². The fourth-order valence-electron chi connectivity index (χ4n) is 3.40. The maximum atomic E-state index is 13.4. The van der Waals surface area contributed by atoms with Crippen molar-refractivity contribution >= 4 is 0 Å². The summed E-state index contributed by atoms with van der Waals surface area (Å²) in [6.45, 7) is 3.65. The van der Waals surface area contributed by atoms with Gasteiger partial charge in [-0.15, -0.1) is 0 Å². The molecular weight excluding hydrogens is 335 g/mol. The van der Waals surface area contributed by atoms with Crippen molar-refractivity contribution in [3.05, 3.63) is 71.3 Å². The molecule has 2 aromatic rings. The van der Waals surface area contributed by atoms with E-state index in [-0.39, 0.29) is 5.92 Å². The van der Waals surface area contributed by atoms with Gasteiger partial charge in [0.15, 0.2) is 0 Å². The summed E-state index contributed by atoms with van der Waals surface area (Å²) >= 11 is 0. The molecule has 0 aliphatic heterocycles. The number of likely N-dealkylation sites (N-methyl/N-ethyl adjacent to an activating group) is 1. The monoisotopic (exact) mass is 366 g/mol. The van der Waals surface area contributed by atoms with Gasteiger partial charge < -0.3 is 4.90 Å². The fourth-order valence-corrected chi connectivity index (χ4v) is 3.40. The molecule has 0 amide bonds. The van der Waals surface area contributed by atoms with Gasteiger partial charge in [0.05, 0.1) is 6.07 Å². The second-order valence-electron chi connectivity index (χ2n) is 7.31. The molecule has 0 aromatic heterocycles. The van der Waals surface area contributed by atoms with Crippen molar-refractivity contribution in [3.8, 4) is 6.07 Å². The number of hydrogen-bond acceptors (Lipinski definition) is 2. The molecule has 2 atom stereocenters.